The van der Waals surface area contributed by atoms with Gasteiger partial charge >= 0.3 is 5.97 Å². The third-order valence-electron chi connectivity index (χ3n) is 5.17. The number of aliphatic imine (C=N–C) groups is 1. The van der Waals surface area contributed by atoms with Crippen molar-refractivity contribution in [3.8, 4) is 17.2 Å². The number of carbonyl (C=O) groups is 1. The number of hydrogen-bond donors (Lipinski definition) is 1. The van der Waals surface area contributed by atoms with Gasteiger partial charge in [-0.3, -0.25) is 4.99 Å². The minimum Gasteiger partial charge on any atom is -0.507 e. The molecule has 5 heteroatoms. The number of phenolic OH excluding ortho intramolecular Hbond substituents is 1. The second-order valence-electron chi connectivity index (χ2n) is 7.99. The summed E-state index contributed by atoms with van der Waals surface area (Å²) in [6.07, 6.45) is 7.50. The van der Waals surface area contributed by atoms with E-state index in [2.05, 4.69) is 11.9 Å². The van der Waals surface area contributed by atoms with Crippen LogP contribution in [0.2, 0.25) is 0 Å². The summed E-state index contributed by atoms with van der Waals surface area (Å²) < 4.78 is 11.1. The van der Waals surface area contributed by atoms with Crippen molar-refractivity contribution in [1.82, 2.24) is 0 Å². The molecular formula is C28H31NO4. The highest BCUT2D eigenvalue weighted by Crippen LogP contribution is 2.24. The second kappa shape index (κ2) is 12.4. The Balaban J connectivity index is 1.53. The zero-order valence-electron chi connectivity index (χ0n) is 19.3. The quantitative estimate of drug-likeness (QED) is 0.149. The fourth-order valence-electron chi connectivity index (χ4n) is 3.30. The van der Waals surface area contributed by atoms with Crippen LogP contribution in [0.5, 0.6) is 17.2 Å². The van der Waals surface area contributed by atoms with Crippen LogP contribution in [0.15, 0.2) is 71.7 Å². The molecule has 0 amide bonds. The van der Waals surface area contributed by atoms with Gasteiger partial charge in [0, 0.05) is 17.8 Å². The average molecular weight is 446 g/mol. The summed E-state index contributed by atoms with van der Waals surface area (Å²) in [6.45, 7) is 4.87. The molecule has 3 aromatic rings. The number of phenols is 1. The molecule has 0 aromatic heterocycles. The number of unbranched alkanes of at least 4 members (excludes halogenated alkanes) is 4. The molecule has 0 heterocycles. The zero-order valence-corrected chi connectivity index (χ0v) is 19.3. The Hall–Kier alpha value is -3.60. The lowest BCUT2D eigenvalue weighted by Crippen LogP contribution is -2.08. The minimum atomic E-state index is -0.498. The molecule has 33 heavy (non-hydrogen) atoms. The van der Waals surface area contributed by atoms with Crippen LogP contribution in [0.4, 0.5) is 5.69 Å². The van der Waals surface area contributed by atoms with Crippen molar-refractivity contribution in [2.75, 3.05) is 6.61 Å². The van der Waals surface area contributed by atoms with E-state index in [-0.39, 0.29) is 11.5 Å². The largest absolute Gasteiger partial charge is 0.507 e. The van der Waals surface area contributed by atoms with Gasteiger partial charge < -0.3 is 14.6 Å². The number of esters is 1. The summed E-state index contributed by atoms with van der Waals surface area (Å²) in [5.74, 6) is 0.482. The Labute approximate surface area is 195 Å². The van der Waals surface area contributed by atoms with Crippen LogP contribution in [-0.4, -0.2) is 23.9 Å². The van der Waals surface area contributed by atoms with Gasteiger partial charge in [0.1, 0.15) is 17.2 Å². The lowest BCUT2D eigenvalue weighted by molar-refractivity contribution is 0.0734. The molecule has 0 aliphatic rings. The summed E-state index contributed by atoms with van der Waals surface area (Å²) >= 11 is 0. The van der Waals surface area contributed by atoms with Crippen molar-refractivity contribution < 1.29 is 19.4 Å². The van der Waals surface area contributed by atoms with Crippen molar-refractivity contribution in [1.29, 1.82) is 0 Å². The predicted molar refractivity (Wildman–Crippen MR) is 132 cm³/mol. The predicted octanol–water partition coefficient (Wildman–Crippen LogP) is 7.02. The maximum absolute atomic E-state index is 12.5. The second-order valence-corrected chi connectivity index (χ2v) is 7.99. The Bertz CT molecular complexity index is 1070. The molecule has 1 N–H and O–H groups in total. The van der Waals surface area contributed by atoms with Gasteiger partial charge in [-0.25, -0.2) is 4.79 Å². The van der Waals surface area contributed by atoms with E-state index >= 15 is 0 Å². The van der Waals surface area contributed by atoms with E-state index in [1.54, 1.807) is 42.6 Å². The summed E-state index contributed by atoms with van der Waals surface area (Å²) in [4.78, 5) is 16.8. The first kappa shape index (κ1) is 24.1. The molecule has 0 bridgehead atoms. The average Bonchev–Trinajstić information content (AvgIpc) is 2.81. The van der Waals surface area contributed by atoms with E-state index in [0.717, 1.165) is 23.4 Å². The maximum Gasteiger partial charge on any atom is 0.343 e. The monoisotopic (exact) mass is 445 g/mol. The molecular weight excluding hydrogens is 414 g/mol. The summed E-state index contributed by atoms with van der Waals surface area (Å²) in [7, 11) is 0. The van der Waals surface area contributed by atoms with E-state index in [9.17, 15) is 9.90 Å². The smallest absolute Gasteiger partial charge is 0.343 e. The molecule has 0 aliphatic carbocycles. The third-order valence-corrected chi connectivity index (χ3v) is 5.17. The number of nitrogens with zero attached hydrogens (tertiary/aromatic N) is 1. The highest BCUT2D eigenvalue weighted by atomic mass is 16.5. The molecule has 0 saturated heterocycles. The number of rotatable bonds is 11. The van der Waals surface area contributed by atoms with Crippen LogP contribution >= 0.6 is 0 Å². The fraction of sp³-hybridized carbons (Fsp3) is 0.286. The van der Waals surface area contributed by atoms with Crippen molar-refractivity contribution in [2.24, 2.45) is 4.99 Å². The molecule has 5 nitrogen and oxygen atoms in total. The van der Waals surface area contributed by atoms with E-state index in [0.29, 0.717) is 17.7 Å². The molecule has 3 aromatic carbocycles. The topological polar surface area (TPSA) is 68.1 Å². The van der Waals surface area contributed by atoms with Crippen molar-refractivity contribution >= 4 is 17.9 Å². The van der Waals surface area contributed by atoms with Crippen molar-refractivity contribution in [3.63, 3.8) is 0 Å². The standard InChI is InChI=1S/C28H31NO4/c1-3-4-5-6-7-17-32-25-14-11-22(12-15-25)28(31)33-26-16-13-23(27(30)19-26)20-29-24-10-8-9-21(2)18-24/h8-16,18-20,30H,3-7,17H2,1-2H3. The molecule has 3 rings (SSSR count). The molecule has 0 aliphatic heterocycles. The lowest BCUT2D eigenvalue weighted by Gasteiger charge is -2.08. The zero-order chi connectivity index (χ0) is 23.5. The van der Waals surface area contributed by atoms with Crippen LogP contribution in [0.3, 0.4) is 0 Å². The fourth-order valence-corrected chi connectivity index (χ4v) is 3.30. The number of aromatic hydroxyl groups is 1. The van der Waals surface area contributed by atoms with Gasteiger partial charge in [0.05, 0.1) is 17.9 Å². The minimum absolute atomic E-state index is 0.0145. The van der Waals surface area contributed by atoms with Crippen LogP contribution in [-0.2, 0) is 0 Å². The molecule has 0 unspecified atom stereocenters. The van der Waals surface area contributed by atoms with Gasteiger partial charge in [0.25, 0.3) is 0 Å². The van der Waals surface area contributed by atoms with E-state index in [1.165, 1.54) is 31.7 Å². The highest BCUT2D eigenvalue weighted by molar-refractivity contribution is 5.91. The molecule has 0 fully saturated rings. The number of aryl methyl sites for hydroxylation is 1. The van der Waals surface area contributed by atoms with Gasteiger partial charge in [-0.2, -0.15) is 0 Å². The molecule has 0 spiro atoms. The summed E-state index contributed by atoms with van der Waals surface area (Å²) in [5, 5.41) is 10.3. The first-order valence-electron chi connectivity index (χ1n) is 11.4. The van der Waals surface area contributed by atoms with E-state index < -0.39 is 5.97 Å². The van der Waals surface area contributed by atoms with Crippen molar-refractivity contribution in [2.45, 2.75) is 46.0 Å². The molecule has 0 radical (unpaired) electrons. The third kappa shape index (κ3) is 7.79. The first-order chi connectivity index (χ1) is 16.0. The van der Waals surface area contributed by atoms with E-state index in [1.807, 2.05) is 31.2 Å². The molecule has 0 saturated carbocycles. The van der Waals surface area contributed by atoms with Gasteiger partial charge in [0.2, 0.25) is 0 Å². The van der Waals surface area contributed by atoms with Gasteiger partial charge in [-0.15, -0.1) is 0 Å². The van der Waals surface area contributed by atoms with Crippen molar-refractivity contribution in [3.05, 3.63) is 83.4 Å². The summed E-state index contributed by atoms with van der Waals surface area (Å²) in [6, 6.07) is 19.4. The number of hydrogen-bond acceptors (Lipinski definition) is 5. The highest BCUT2D eigenvalue weighted by Gasteiger charge is 2.10. The normalized spacial score (nSPS) is 11.0. The van der Waals surface area contributed by atoms with Gasteiger partial charge in [-0.1, -0.05) is 44.7 Å². The Morgan fingerprint density at radius 3 is 2.42 bits per heavy atom. The van der Waals surface area contributed by atoms with Gasteiger partial charge in [-0.05, 0) is 67.4 Å². The van der Waals surface area contributed by atoms with E-state index in [4.69, 9.17) is 9.47 Å². The van der Waals surface area contributed by atoms with Crippen LogP contribution in [0.1, 0.15) is 60.5 Å². The Morgan fingerprint density at radius 1 is 0.939 bits per heavy atom. The Morgan fingerprint density at radius 2 is 1.70 bits per heavy atom. The molecule has 0 atom stereocenters. The first-order valence-corrected chi connectivity index (χ1v) is 11.4. The number of benzene rings is 3. The number of ether oxygens (including phenoxy) is 2. The maximum atomic E-state index is 12.5. The summed E-state index contributed by atoms with van der Waals surface area (Å²) in [5.41, 5.74) is 2.86. The van der Waals surface area contributed by atoms with Crippen LogP contribution in [0, 0.1) is 6.92 Å². The SMILES string of the molecule is CCCCCCCOc1ccc(C(=O)Oc2ccc(C=Nc3cccc(C)c3)c(O)c2)cc1. The van der Waals surface area contributed by atoms with Gasteiger partial charge in [0.15, 0.2) is 0 Å². The lowest BCUT2D eigenvalue weighted by atomic mass is 10.2. The Kier molecular flexibility index (Phi) is 9.07. The van der Waals surface area contributed by atoms with Crippen LogP contribution in [0.25, 0.3) is 0 Å². The van der Waals surface area contributed by atoms with Crippen LogP contribution < -0.4 is 9.47 Å². The molecule has 172 valence electrons. The number of carbonyl (C=O) groups excluding carboxylic acids is 1.